The Kier molecular flexibility index (Phi) is 29.9. The molecule has 4 fully saturated rings. The van der Waals surface area contributed by atoms with Gasteiger partial charge in [0.25, 0.3) is 11.5 Å². The van der Waals surface area contributed by atoms with Crippen LogP contribution in [0.3, 0.4) is 0 Å². The van der Waals surface area contributed by atoms with Crippen LogP contribution in [-0.2, 0) is 85.7 Å². The fourth-order valence-electron chi connectivity index (χ4n) is 12.7. The first kappa shape index (κ1) is 81.3. The van der Waals surface area contributed by atoms with E-state index in [-0.39, 0.29) is 114 Å². The third kappa shape index (κ3) is 23.9. The Morgan fingerprint density at radius 3 is 2.32 bits per heavy atom. The Morgan fingerprint density at radius 2 is 1.61 bits per heavy atom. The molecule has 0 spiro atoms. The molecule has 2 aliphatic heterocycles. The number of amides is 8. The molecular formula is C66H92N14O21P2S2. The molecule has 5 heterocycles. The Bertz CT molecular complexity index is 3930. The fraction of sp³-hybridized carbons (Fsp3) is 0.576. The van der Waals surface area contributed by atoms with Crippen LogP contribution in [0.5, 0.6) is 5.88 Å². The number of fused-ring (bicyclic) bond motifs is 4. The topological polar surface area (TPSA) is 460 Å². The van der Waals surface area contributed by atoms with Crippen molar-refractivity contribution in [1.82, 2.24) is 55.7 Å². The zero-order valence-corrected chi connectivity index (χ0v) is 62.2. The Labute approximate surface area is 615 Å². The highest BCUT2D eigenvalue weighted by Crippen LogP contribution is 2.59. The maximum absolute atomic E-state index is 14.1. The van der Waals surface area contributed by atoms with Gasteiger partial charge in [-0.2, -0.15) is 4.98 Å². The number of anilines is 2. The van der Waals surface area contributed by atoms with Crippen molar-refractivity contribution in [3.63, 3.8) is 0 Å². The van der Waals surface area contributed by atoms with E-state index in [1.54, 1.807) is 62.4 Å². The number of carbonyl (C=O) groups excluding carboxylic acids is 7. The number of imidazole rings is 1. The summed E-state index contributed by atoms with van der Waals surface area (Å²) in [4.78, 5) is 137. The molecule has 11 N–H and O–H groups in total. The number of carbonyl (C=O) groups is 7. The number of thiol groups is 1. The summed E-state index contributed by atoms with van der Waals surface area (Å²) in [5.74, 6) is -1.78. The number of aliphatic hydroxyl groups excluding tert-OH is 1. The van der Waals surface area contributed by atoms with Crippen LogP contribution in [0.2, 0.25) is 0 Å². The molecule has 9 rings (SSSR count). The first-order valence-electron chi connectivity index (χ1n) is 34.7. The highest BCUT2D eigenvalue weighted by atomic mass is 32.7. The monoisotopic (exact) mass is 1540 g/mol. The van der Waals surface area contributed by atoms with Gasteiger partial charge in [-0.3, -0.25) is 43.4 Å². The number of alkyl carbamates (subject to hydrolysis) is 1. The number of ether oxygens (including phenoxy) is 6. The Balaban J connectivity index is 0.733. The lowest BCUT2D eigenvalue weighted by Crippen LogP contribution is -2.54. The SMILES string of the molecule is CCC[C@@H]1C(COC(=O)NCCOCCOCCC(=O)N[C@H](C(=O)N[C@@H](CCCNC(N)=O)C(=O)Nc2ccc(COC(=O)N(C)Cc3ccccc3C(=O)Nc3nc4c(ncn4[C@@H]4O[C@H]5COP(O)(=S)O[C@H]6C[C@H](Oc7ccncn7)C[C@@H]6COP(=O)(S)O[C@@H]4[C@@H]5O)c(=O)[nH]3)cc2)C(C)C)[C@@H]1CCC. The number of aromatic amines is 1. The second kappa shape index (κ2) is 38.7. The predicted octanol–water partition coefficient (Wildman–Crippen LogP) is 5.74. The number of rotatable bonds is 34. The highest BCUT2D eigenvalue weighted by Gasteiger charge is 2.52. The predicted molar refractivity (Wildman–Crippen MR) is 385 cm³/mol. The van der Waals surface area contributed by atoms with E-state index in [0.717, 1.165) is 32.0 Å². The lowest BCUT2D eigenvalue weighted by molar-refractivity contribution is -0.132. The summed E-state index contributed by atoms with van der Waals surface area (Å²) in [7, 11) is 1.45. The number of nitrogens with zero attached hydrogens (tertiary/aromatic N) is 6. The third-order valence-electron chi connectivity index (χ3n) is 18.0. The van der Waals surface area contributed by atoms with E-state index in [4.69, 9.17) is 64.1 Å². The zero-order chi connectivity index (χ0) is 75.4. The van der Waals surface area contributed by atoms with Gasteiger partial charge in [-0.25, -0.2) is 33.9 Å². The molecule has 2 aromatic carbocycles. The van der Waals surface area contributed by atoms with Gasteiger partial charge in [-0.05, 0) is 84.1 Å². The van der Waals surface area contributed by atoms with E-state index in [1.807, 2.05) is 0 Å². The van der Waals surface area contributed by atoms with E-state index < -0.39 is 128 Å². The number of nitrogens with two attached hydrogens (primary N) is 1. The summed E-state index contributed by atoms with van der Waals surface area (Å²) in [6.07, 6.45) is 0.729. The molecule has 2 saturated heterocycles. The summed E-state index contributed by atoms with van der Waals surface area (Å²) in [5, 5.41) is 27.6. The Morgan fingerprint density at radius 1 is 0.867 bits per heavy atom. The quantitative estimate of drug-likeness (QED) is 0.0133. The van der Waals surface area contributed by atoms with Gasteiger partial charge in [-0.1, -0.05) is 96.0 Å². The van der Waals surface area contributed by atoms with E-state index >= 15 is 0 Å². The molecule has 3 aromatic heterocycles. The zero-order valence-electron chi connectivity index (χ0n) is 58.7. The fourth-order valence-corrected chi connectivity index (χ4v) is 15.7. The van der Waals surface area contributed by atoms with Crippen molar-refractivity contribution in [3.8, 4) is 5.88 Å². The minimum atomic E-state index is -4.39. The maximum atomic E-state index is 14.1. The van der Waals surface area contributed by atoms with E-state index in [1.165, 1.54) is 35.1 Å². The lowest BCUT2D eigenvalue weighted by atomic mass is 10.0. The van der Waals surface area contributed by atoms with Crippen LogP contribution in [0, 0.1) is 29.6 Å². The summed E-state index contributed by atoms with van der Waals surface area (Å²) in [6, 6.07) is 11.3. The highest BCUT2D eigenvalue weighted by molar-refractivity contribution is 8.44. The largest absolute Gasteiger partial charge is 0.474 e. The van der Waals surface area contributed by atoms with Crippen LogP contribution in [0.25, 0.3) is 11.2 Å². The van der Waals surface area contributed by atoms with Gasteiger partial charge in [0.2, 0.25) is 29.5 Å². The summed E-state index contributed by atoms with van der Waals surface area (Å²) in [5.41, 5.74) is 5.31. The van der Waals surface area contributed by atoms with Gasteiger partial charge in [0.05, 0.1) is 58.7 Å². The average Bonchev–Trinajstić information content (AvgIpc) is 1.62. The molecule has 0 radical (unpaired) electrons. The van der Waals surface area contributed by atoms with Crippen molar-refractivity contribution >= 4 is 102 Å². The van der Waals surface area contributed by atoms with Gasteiger partial charge in [0.15, 0.2) is 17.4 Å². The van der Waals surface area contributed by atoms with E-state index in [9.17, 15) is 52.9 Å². The van der Waals surface area contributed by atoms with Crippen molar-refractivity contribution in [1.29, 1.82) is 0 Å². The van der Waals surface area contributed by atoms with Gasteiger partial charge in [0.1, 0.15) is 49.4 Å². The molecule has 39 heteroatoms. The number of primary amides is 1. The number of benzene rings is 2. The number of H-pyrrole nitrogens is 1. The minimum absolute atomic E-state index is 0.0358. The smallest absolute Gasteiger partial charge is 0.410 e. The lowest BCUT2D eigenvalue weighted by Gasteiger charge is -2.27. The number of hydrogen-bond donors (Lipinski definition) is 11. The van der Waals surface area contributed by atoms with Gasteiger partial charge in [-0.15, -0.1) is 0 Å². The van der Waals surface area contributed by atoms with Crippen LogP contribution >= 0.6 is 25.8 Å². The van der Waals surface area contributed by atoms with Gasteiger partial charge >= 0.3 is 31.7 Å². The summed E-state index contributed by atoms with van der Waals surface area (Å²) >= 11 is 9.63. The molecule has 14 atom stereocenters. The number of nitrogens with one attached hydrogen (secondary N) is 7. The normalized spacial score (nSPS) is 24.8. The molecule has 2 saturated carbocycles. The van der Waals surface area contributed by atoms with Crippen LogP contribution < -0.4 is 47.9 Å². The van der Waals surface area contributed by atoms with Crippen molar-refractivity contribution in [2.24, 2.45) is 35.3 Å². The third-order valence-corrected chi connectivity index (χ3v) is 21.2. The minimum Gasteiger partial charge on any atom is -0.474 e. The van der Waals surface area contributed by atoms with Crippen molar-refractivity contribution in [2.45, 2.75) is 147 Å². The molecule has 105 heavy (non-hydrogen) atoms. The molecule has 2 bridgehead atoms. The number of urea groups is 1. The molecule has 574 valence electrons. The van der Waals surface area contributed by atoms with Crippen LogP contribution in [0.15, 0.2) is 78.2 Å². The van der Waals surface area contributed by atoms with Crippen LogP contribution in [0.1, 0.15) is 113 Å². The van der Waals surface area contributed by atoms with E-state index in [0.29, 0.717) is 47.1 Å². The van der Waals surface area contributed by atoms with Crippen molar-refractivity contribution in [3.05, 3.63) is 100 Å². The van der Waals surface area contributed by atoms with Crippen LogP contribution in [0.4, 0.5) is 26.0 Å². The Hall–Kier alpha value is -7.77. The molecule has 4 aliphatic rings. The molecule has 8 amide bonds. The number of hydrogen-bond acceptors (Lipinski definition) is 25. The summed E-state index contributed by atoms with van der Waals surface area (Å²) in [6.45, 7) is -0.351. The van der Waals surface area contributed by atoms with Crippen LogP contribution in [-0.4, -0.2) is 195 Å². The molecule has 3 unspecified atom stereocenters. The molecule has 35 nitrogen and oxygen atoms in total. The number of aliphatic hydroxyl groups is 1. The second-order valence-corrected chi connectivity index (χ2v) is 31.8. The van der Waals surface area contributed by atoms with E-state index in [2.05, 4.69) is 82.9 Å². The van der Waals surface area contributed by atoms with Gasteiger partial charge < -0.3 is 89.2 Å². The van der Waals surface area contributed by atoms with Crippen molar-refractivity contribution < 1.29 is 94.6 Å². The second-order valence-electron chi connectivity index (χ2n) is 26.1. The average molecular weight is 1540 g/mol. The molecule has 2 aliphatic carbocycles. The van der Waals surface area contributed by atoms with Crippen molar-refractivity contribution in [2.75, 3.05) is 77.0 Å². The number of aromatic nitrogens is 6. The molecule has 5 aromatic rings. The molecular weight excluding hydrogens is 1450 g/mol. The maximum Gasteiger partial charge on any atom is 0.410 e. The first-order chi connectivity index (χ1) is 50.3. The van der Waals surface area contributed by atoms with Gasteiger partial charge in [0, 0.05) is 69.0 Å². The first-order valence-corrected chi connectivity index (χ1v) is 40.0. The summed E-state index contributed by atoms with van der Waals surface area (Å²) < 4.78 is 72.9. The standard InChI is InChI=1S/C66H92N14O21P2S2/c1-6-11-45-46(12-7-2)47(45)34-94-65(88)70-24-26-93-28-27-92-25-21-51(81)75-53(38(3)4)60(85)74-48(15-10-22-69-63(67)87)59(84)73-42-18-16-39(17-19-42)32-95-66(89)79(5)31-40-13-8-9-14-44(40)58(83)77-64-76-57-54(61(86)78-64)72-37-80(57)62-56-55(82)50(99-62)35-97-102(90,104)100-49-30-43(98-52-20-23-68-36-71-52)29-41(49)33-96-103(91,105)101-56/h8-9,13-14,16-20,23,36-38,41,43,45-50,53,55-56,62,82H,6-7,10-12,15,21-22,24-35H2,1-5H3,(H,70,88)(H,73,84)(H,74,85)(H,75,81)(H,90,104)(H,91,105)(H3,67,69,87)(H2,76,77,78,83,86)/t41-,43-,45-,46+,47?,48+,49+,50+,53+,55-,56-,62-,102?,103?/m1/s1.